The number of carbonyl (C=O) groups is 1. The number of amides is 1. The number of halogens is 1. The molecule has 1 saturated heterocycles. The largest absolute Gasteiger partial charge is 0.353 e. The molecule has 1 N–H and O–H groups in total. The van der Waals surface area contributed by atoms with Crippen LogP contribution in [0.1, 0.15) is 18.9 Å². The predicted octanol–water partition coefficient (Wildman–Crippen LogP) is 1.79. The van der Waals surface area contributed by atoms with Gasteiger partial charge in [0.05, 0.1) is 17.3 Å². The van der Waals surface area contributed by atoms with Crippen molar-refractivity contribution in [3.05, 3.63) is 35.6 Å². The highest BCUT2D eigenvalue weighted by molar-refractivity contribution is 8.02. The molecule has 1 amide bonds. The molecular weight excluding hydrogens is 325 g/mol. The fourth-order valence-corrected chi connectivity index (χ4v) is 5.90. The van der Waals surface area contributed by atoms with Crippen LogP contribution in [-0.4, -0.2) is 42.9 Å². The molecule has 0 radical (unpaired) electrons. The number of nitrogens with one attached hydrogen (secondary N) is 1. The van der Waals surface area contributed by atoms with E-state index >= 15 is 0 Å². The van der Waals surface area contributed by atoms with E-state index in [4.69, 9.17) is 0 Å². The Hall–Kier alpha value is -1.08. The van der Waals surface area contributed by atoms with E-state index in [1.54, 1.807) is 18.2 Å². The molecule has 1 aromatic rings. The van der Waals surface area contributed by atoms with Gasteiger partial charge in [-0.15, -0.1) is 11.8 Å². The lowest BCUT2D eigenvalue weighted by Gasteiger charge is -2.15. The molecule has 122 valence electrons. The minimum absolute atomic E-state index is 0.0117. The van der Waals surface area contributed by atoms with E-state index in [9.17, 15) is 17.6 Å². The molecular formula is C15H20FNO3S2. The molecule has 1 fully saturated rings. The van der Waals surface area contributed by atoms with Gasteiger partial charge in [-0.1, -0.05) is 18.2 Å². The average molecular weight is 345 g/mol. The van der Waals surface area contributed by atoms with E-state index in [0.29, 0.717) is 18.4 Å². The molecule has 4 nitrogen and oxygen atoms in total. The van der Waals surface area contributed by atoms with E-state index in [1.165, 1.54) is 17.8 Å². The number of hydrogen-bond acceptors (Lipinski definition) is 4. The number of carbonyl (C=O) groups excluding carboxylic acids is 1. The minimum Gasteiger partial charge on any atom is -0.353 e. The zero-order chi connectivity index (χ0) is 16.2. The van der Waals surface area contributed by atoms with Gasteiger partial charge in [0, 0.05) is 11.3 Å². The standard InChI is InChI=1S/C15H20FNO3S2/c1-11(8-12-4-2-3-5-14(12)16)17-15(18)9-21-13-6-7-22(19,20)10-13/h2-5,11,13H,6-10H2,1H3,(H,17,18)/t11-,13-/m1/s1. The molecule has 0 spiro atoms. The second kappa shape index (κ2) is 7.46. The molecule has 1 heterocycles. The maximum Gasteiger partial charge on any atom is 0.230 e. The van der Waals surface area contributed by atoms with E-state index in [-0.39, 0.29) is 40.3 Å². The van der Waals surface area contributed by atoms with Crippen molar-refractivity contribution in [3.8, 4) is 0 Å². The Labute approximate surface area is 134 Å². The summed E-state index contributed by atoms with van der Waals surface area (Å²) in [6, 6.07) is 6.34. The van der Waals surface area contributed by atoms with Crippen LogP contribution in [0.2, 0.25) is 0 Å². The van der Waals surface area contributed by atoms with Gasteiger partial charge < -0.3 is 5.32 Å². The maximum absolute atomic E-state index is 13.5. The zero-order valence-electron chi connectivity index (χ0n) is 12.4. The Balaban J connectivity index is 1.74. The van der Waals surface area contributed by atoms with E-state index < -0.39 is 9.84 Å². The number of rotatable bonds is 6. The van der Waals surface area contributed by atoms with E-state index in [1.807, 2.05) is 6.92 Å². The van der Waals surface area contributed by atoms with Gasteiger partial charge in [0.2, 0.25) is 5.91 Å². The topological polar surface area (TPSA) is 63.2 Å². The van der Waals surface area contributed by atoms with Crippen molar-refractivity contribution in [2.75, 3.05) is 17.3 Å². The summed E-state index contributed by atoms with van der Waals surface area (Å²) in [7, 11) is -2.91. The summed E-state index contributed by atoms with van der Waals surface area (Å²) in [5.74, 6) is 0.209. The lowest BCUT2D eigenvalue weighted by atomic mass is 10.1. The second-order valence-corrected chi connectivity index (χ2v) is 9.12. The van der Waals surface area contributed by atoms with Gasteiger partial charge in [-0.05, 0) is 31.4 Å². The quantitative estimate of drug-likeness (QED) is 0.854. The van der Waals surface area contributed by atoms with Gasteiger partial charge in [-0.2, -0.15) is 0 Å². The first-order valence-corrected chi connectivity index (χ1v) is 10.1. The molecule has 0 unspecified atom stereocenters. The van der Waals surface area contributed by atoms with Crippen LogP contribution in [0.5, 0.6) is 0 Å². The summed E-state index contributed by atoms with van der Waals surface area (Å²) < 4.78 is 36.2. The van der Waals surface area contributed by atoms with Crippen molar-refractivity contribution in [2.24, 2.45) is 0 Å². The Kier molecular flexibility index (Phi) is 5.86. The normalized spacial score (nSPS) is 21.5. The highest BCUT2D eigenvalue weighted by atomic mass is 32.2. The third-order valence-electron chi connectivity index (χ3n) is 3.53. The smallest absolute Gasteiger partial charge is 0.230 e. The molecule has 7 heteroatoms. The Morgan fingerprint density at radius 3 is 2.82 bits per heavy atom. The first-order valence-electron chi connectivity index (χ1n) is 7.20. The third kappa shape index (κ3) is 5.28. The predicted molar refractivity (Wildman–Crippen MR) is 87.2 cm³/mol. The van der Waals surface area contributed by atoms with Gasteiger partial charge in [0.1, 0.15) is 5.82 Å². The highest BCUT2D eigenvalue weighted by Crippen LogP contribution is 2.24. The summed E-state index contributed by atoms with van der Waals surface area (Å²) in [5, 5.41) is 2.84. The van der Waals surface area contributed by atoms with Crippen LogP contribution in [0, 0.1) is 5.82 Å². The fourth-order valence-electron chi connectivity index (χ4n) is 2.45. The molecule has 1 aliphatic rings. The van der Waals surface area contributed by atoms with Gasteiger partial charge >= 0.3 is 0 Å². The fraction of sp³-hybridized carbons (Fsp3) is 0.533. The van der Waals surface area contributed by atoms with Gasteiger partial charge in [0.25, 0.3) is 0 Å². The molecule has 2 atom stereocenters. The summed E-state index contributed by atoms with van der Waals surface area (Å²) in [6.07, 6.45) is 1.05. The lowest BCUT2D eigenvalue weighted by molar-refractivity contribution is -0.119. The number of benzene rings is 1. The molecule has 1 aliphatic heterocycles. The number of sulfone groups is 1. The lowest BCUT2D eigenvalue weighted by Crippen LogP contribution is -2.35. The summed E-state index contributed by atoms with van der Waals surface area (Å²) in [5.41, 5.74) is 0.574. The average Bonchev–Trinajstić information content (AvgIpc) is 2.78. The first kappa shape index (κ1) is 17.3. The van der Waals surface area contributed by atoms with Crippen LogP contribution in [0.25, 0.3) is 0 Å². The number of thioether (sulfide) groups is 1. The van der Waals surface area contributed by atoms with E-state index in [2.05, 4.69) is 5.32 Å². The molecule has 0 saturated carbocycles. The summed E-state index contributed by atoms with van der Waals surface area (Å²) in [4.78, 5) is 11.9. The molecule has 2 rings (SSSR count). The van der Waals surface area contributed by atoms with Gasteiger partial charge in [0.15, 0.2) is 9.84 Å². The van der Waals surface area contributed by atoms with Crippen molar-refractivity contribution in [3.63, 3.8) is 0 Å². The van der Waals surface area contributed by atoms with E-state index in [0.717, 1.165) is 0 Å². The van der Waals surface area contributed by atoms with Crippen LogP contribution in [0.15, 0.2) is 24.3 Å². The van der Waals surface area contributed by atoms with Crippen molar-refractivity contribution >= 4 is 27.5 Å². The maximum atomic E-state index is 13.5. The number of hydrogen-bond donors (Lipinski definition) is 1. The Bertz CT molecular complexity index is 633. The summed E-state index contributed by atoms with van der Waals surface area (Å²) in [6.45, 7) is 1.83. The molecule has 0 bridgehead atoms. The molecule has 22 heavy (non-hydrogen) atoms. The summed E-state index contributed by atoms with van der Waals surface area (Å²) >= 11 is 1.38. The van der Waals surface area contributed by atoms with Crippen molar-refractivity contribution in [1.29, 1.82) is 0 Å². The molecule has 0 aromatic heterocycles. The first-order chi connectivity index (χ1) is 10.4. The highest BCUT2D eigenvalue weighted by Gasteiger charge is 2.28. The second-order valence-electron chi connectivity index (χ2n) is 5.60. The zero-order valence-corrected chi connectivity index (χ0v) is 14.1. The third-order valence-corrected chi connectivity index (χ3v) is 6.81. The van der Waals surface area contributed by atoms with Crippen LogP contribution >= 0.6 is 11.8 Å². The van der Waals surface area contributed by atoms with Crippen LogP contribution in [0.4, 0.5) is 4.39 Å². The van der Waals surface area contributed by atoms with Crippen molar-refractivity contribution in [1.82, 2.24) is 5.32 Å². The van der Waals surface area contributed by atoms with Crippen molar-refractivity contribution < 1.29 is 17.6 Å². The van der Waals surface area contributed by atoms with Gasteiger partial charge in [-0.25, -0.2) is 12.8 Å². The monoisotopic (exact) mass is 345 g/mol. The molecule has 0 aliphatic carbocycles. The SMILES string of the molecule is C[C@H](Cc1ccccc1F)NC(=O)CS[C@@H]1CCS(=O)(=O)C1. The van der Waals surface area contributed by atoms with Crippen LogP contribution in [0.3, 0.4) is 0 Å². The van der Waals surface area contributed by atoms with Crippen molar-refractivity contribution in [2.45, 2.75) is 31.1 Å². The minimum atomic E-state index is -2.91. The van der Waals surface area contributed by atoms with Crippen LogP contribution in [-0.2, 0) is 21.1 Å². The van der Waals surface area contributed by atoms with Gasteiger partial charge in [-0.3, -0.25) is 4.79 Å². The Morgan fingerprint density at radius 1 is 1.45 bits per heavy atom. The van der Waals surface area contributed by atoms with Crippen LogP contribution < -0.4 is 5.32 Å². The molecule has 1 aromatic carbocycles. The Morgan fingerprint density at radius 2 is 2.18 bits per heavy atom.